The Bertz CT molecular complexity index is 363. The van der Waals surface area contributed by atoms with Crippen molar-refractivity contribution in [1.29, 1.82) is 0 Å². The summed E-state index contributed by atoms with van der Waals surface area (Å²) in [5.41, 5.74) is 1.02. The summed E-state index contributed by atoms with van der Waals surface area (Å²) in [5, 5.41) is 8.68. The van der Waals surface area contributed by atoms with Crippen molar-refractivity contribution >= 4 is 17.9 Å². The average Bonchev–Trinajstić information content (AvgIpc) is 2.28. The number of Topliss-reactive ketones (excluding diaryl/α,β-unsaturated/α-hetero) is 1. The largest absolute Gasteiger partial charge is 0.396 e. The number of anilines is 1. The van der Waals surface area contributed by atoms with E-state index in [-0.39, 0.29) is 18.8 Å². The molecule has 15 heavy (non-hydrogen) atoms. The molecule has 0 saturated carbocycles. The number of ketones is 1. The van der Waals surface area contributed by atoms with Crippen molar-refractivity contribution in [1.82, 2.24) is 0 Å². The summed E-state index contributed by atoms with van der Waals surface area (Å²) in [4.78, 5) is 23.5. The van der Waals surface area contributed by atoms with Crippen LogP contribution in [-0.4, -0.2) is 31.0 Å². The Balaban J connectivity index is 3.05. The second kappa shape index (κ2) is 5.26. The van der Waals surface area contributed by atoms with Gasteiger partial charge in [0.05, 0.1) is 12.3 Å². The number of nitrogens with zero attached hydrogens (tertiary/aromatic N) is 1. The van der Waals surface area contributed by atoms with E-state index in [1.165, 1.54) is 4.90 Å². The molecule has 0 aromatic heterocycles. The standard InChI is InChI=1S/C11H13NO3/c1-12(8-14)10-5-3-2-4-9(10)11(15)6-7-13/h2-5,8,13H,6-7H2,1H3. The van der Waals surface area contributed by atoms with E-state index >= 15 is 0 Å². The summed E-state index contributed by atoms with van der Waals surface area (Å²) >= 11 is 0. The van der Waals surface area contributed by atoms with Gasteiger partial charge >= 0.3 is 0 Å². The van der Waals surface area contributed by atoms with Gasteiger partial charge in [-0.25, -0.2) is 0 Å². The van der Waals surface area contributed by atoms with Crippen LogP contribution in [0.1, 0.15) is 16.8 Å². The monoisotopic (exact) mass is 207 g/mol. The Morgan fingerprint density at radius 3 is 2.73 bits per heavy atom. The lowest BCUT2D eigenvalue weighted by molar-refractivity contribution is -0.107. The topological polar surface area (TPSA) is 57.6 Å². The van der Waals surface area contributed by atoms with Crippen molar-refractivity contribution in [2.24, 2.45) is 0 Å². The lowest BCUT2D eigenvalue weighted by Crippen LogP contribution is -2.17. The highest BCUT2D eigenvalue weighted by Crippen LogP contribution is 2.19. The zero-order valence-electron chi connectivity index (χ0n) is 8.51. The molecule has 0 radical (unpaired) electrons. The van der Waals surface area contributed by atoms with E-state index in [1.54, 1.807) is 31.3 Å². The molecule has 1 aromatic carbocycles. The SMILES string of the molecule is CN(C=O)c1ccccc1C(=O)CCO. The van der Waals surface area contributed by atoms with Crippen molar-refractivity contribution < 1.29 is 14.7 Å². The van der Waals surface area contributed by atoms with Gasteiger partial charge in [0, 0.05) is 19.0 Å². The maximum Gasteiger partial charge on any atom is 0.213 e. The molecule has 1 N–H and O–H groups in total. The van der Waals surface area contributed by atoms with Gasteiger partial charge < -0.3 is 10.0 Å². The number of carbonyl (C=O) groups excluding carboxylic acids is 2. The summed E-state index contributed by atoms with van der Waals surface area (Å²) in [7, 11) is 1.58. The minimum atomic E-state index is -0.183. The number of aliphatic hydroxyl groups is 1. The van der Waals surface area contributed by atoms with Crippen molar-refractivity contribution in [3.63, 3.8) is 0 Å². The van der Waals surface area contributed by atoms with Gasteiger partial charge in [-0.05, 0) is 12.1 Å². The van der Waals surface area contributed by atoms with Gasteiger partial charge in [0.1, 0.15) is 0 Å². The molecule has 0 atom stereocenters. The second-order valence-corrected chi connectivity index (χ2v) is 3.13. The second-order valence-electron chi connectivity index (χ2n) is 3.13. The van der Waals surface area contributed by atoms with E-state index in [2.05, 4.69) is 0 Å². The highest BCUT2D eigenvalue weighted by Gasteiger charge is 2.12. The van der Waals surface area contributed by atoms with Crippen LogP contribution in [0.2, 0.25) is 0 Å². The van der Waals surface area contributed by atoms with Crippen molar-refractivity contribution in [2.45, 2.75) is 6.42 Å². The molecule has 0 spiro atoms. The molecule has 0 aliphatic rings. The number of hydrogen-bond donors (Lipinski definition) is 1. The summed E-state index contributed by atoms with van der Waals surface area (Å²) in [6, 6.07) is 6.82. The summed E-state index contributed by atoms with van der Waals surface area (Å²) in [6.45, 7) is -0.183. The minimum absolute atomic E-state index is 0.0731. The molecule has 0 unspecified atom stereocenters. The van der Waals surface area contributed by atoms with Crippen LogP contribution >= 0.6 is 0 Å². The molecule has 4 heteroatoms. The van der Waals surface area contributed by atoms with E-state index in [0.29, 0.717) is 17.7 Å². The third-order valence-electron chi connectivity index (χ3n) is 2.08. The Kier molecular flexibility index (Phi) is 4.00. The average molecular weight is 207 g/mol. The summed E-state index contributed by atoms with van der Waals surface area (Å²) in [6.07, 6.45) is 0.717. The zero-order chi connectivity index (χ0) is 11.3. The molecule has 0 aliphatic carbocycles. The van der Waals surface area contributed by atoms with E-state index < -0.39 is 0 Å². The first-order valence-electron chi connectivity index (χ1n) is 4.62. The number of para-hydroxylation sites is 1. The molecule has 0 aliphatic heterocycles. The maximum atomic E-state index is 11.6. The lowest BCUT2D eigenvalue weighted by atomic mass is 10.1. The van der Waals surface area contributed by atoms with Crippen molar-refractivity contribution in [3.05, 3.63) is 29.8 Å². The molecular weight excluding hydrogens is 194 g/mol. The Hall–Kier alpha value is -1.68. The fourth-order valence-corrected chi connectivity index (χ4v) is 1.31. The summed E-state index contributed by atoms with van der Waals surface area (Å²) in [5.74, 6) is -0.165. The van der Waals surface area contributed by atoms with Gasteiger partial charge in [0.2, 0.25) is 6.41 Å². The van der Waals surface area contributed by atoms with Gasteiger partial charge in [-0.15, -0.1) is 0 Å². The summed E-state index contributed by atoms with van der Waals surface area (Å²) < 4.78 is 0. The number of aliphatic hydroxyl groups excluding tert-OH is 1. The zero-order valence-corrected chi connectivity index (χ0v) is 8.51. The molecular formula is C11H13NO3. The van der Waals surface area contributed by atoms with E-state index in [1.807, 2.05) is 0 Å². The molecule has 1 aromatic rings. The van der Waals surface area contributed by atoms with E-state index in [0.717, 1.165) is 0 Å². The van der Waals surface area contributed by atoms with Crippen molar-refractivity contribution in [3.8, 4) is 0 Å². The van der Waals surface area contributed by atoms with Crippen molar-refractivity contribution in [2.75, 3.05) is 18.6 Å². The third kappa shape index (κ3) is 2.63. The highest BCUT2D eigenvalue weighted by molar-refractivity contribution is 6.03. The van der Waals surface area contributed by atoms with Gasteiger partial charge in [0.25, 0.3) is 0 Å². The van der Waals surface area contributed by atoms with Crippen LogP contribution < -0.4 is 4.90 Å². The quantitative estimate of drug-likeness (QED) is 0.575. The van der Waals surface area contributed by atoms with Gasteiger partial charge in [-0.1, -0.05) is 12.1 Å². The molecule has 1 amide bonds. The molecule has 1 rings (SSSR count). The predicted octanol–water partition coefficient (Wildman–Crippen LogP) is 0.844. The molecule has 0 fully saturated rings. The number of rotatable bonds is 5. The normalized spacial score (nSPS) is 9.73. The van der Waals surface area contributed by atoms with Crippen LogP contribution in [0.25, 0.3) is 0 Å². The first kappa shape index (κ1) is 11.4. The van der Waals surface area contributed by atoms with Gasteiger partial charge in [0.15, 0.2) is 5.78 Å². The molecule has 4 nitrogen and oxygen atoms in total. The molecule has 80 valence electrons. The number of benzene rings is 1. The Morgan fingerprint density at radius 1 is 1.47 bits per heavy atom. The Morgan fingerprint density at radius 2 is 2.13 bits per heavy atom. The lowest BCUT2D eigenvalue weighted by Gasteiger charge is -2.14. The molecule has 0 heterocycles. The van der Waals surface area contributed by atoms with Crippen LogP contribution in [-0.2, 0) is 4.79 Å². The van der Waals surface area contributed by atoms with Gasteiger partial charge in [-0.3, -0.25) is 9.59 Å². The van der Waals surface area contributed by atoms with E-state index in [9.17, 15) is 9.59 Å². The van der Waals surface area contributed by atoms with Crippen LogP contribution in [0.3, 0.4) is 0 Å². The van der Waals surface area contributed by atoms with Crippen LogP contribution in [0.5, 0.6) is 0 Å². The number of carbonyl (C=O) groups is 2. The fraction of sp³-hybridized carbons (Fsp3) is 0.273. The molecule has 0 saturated heterocycles. The molecule has 0 bridgehead atoms. The predicted molar refractivity (Wildman–Crippen MR) is 56.9 cm³/mol. The van der Waals surface area contributed by atoms with Crippen LogP contribution in [0.15, 0.2) is 24.3 Å². The Labute approximate surface area is 88.1 Å². The first-order chi connectivity index (χ1) is 7.20. The van der Waals surface area contributed by atoms with Crippen LogP contribution in [0, 0.1) is 0 Å². The smallest absolute Gasteiger partial charge is 0.213 e. The maximum absolute atomic E-state index is 11.6. The highest BCUT2D eigenvalue weighted by atomic mass is 16.3. The third-order valence-corrected chi connectivity index (χ3v) is 2.08. The number of hydrogen-bond acceptors (Lipinski definition) is 3. The fourth-order valence-electron chi connectivity index (χ4n) is 1.31. The van der Waals surface area contributed by atoms with Gasteiger partial charge in [-0.2, -0.15) is 0 Å². The number of amides is 1. The van der Waals surface area contributed by atoms with E-state index in [4.69, 9.17) is 5.11 Å². The minimum Gasteiger partial charge on any atom is -0.396 e. The first-order valence-corrected chi connectivity index (χ1v) is 4.62. The van der Waals surface area contributed by atoms with Crippen LogP contribution in [0.4, 0.5) is 5.69 Å².